The van der Waals surface area contributed by atoms with E-state index in [0.29, 0.717) is 0 Å². The van der Waals surface area contributed by atoms with Crippen molar-refractivity contribution in [2.24, 2.45) is 9.98 Å². The number of para-hydroxylation sites is 2. The molecule has 1 unspecified atom stereocenters. The molecule has 0 aliphatic heterocycles. The van der Waals surface area contributed by atoms with Gasteiger partial charge in [-0.05, 0) is 82.7 Å². The van der Waals surface area contributed by atoms with Gasteiger partial charge in [-0.1, -0.05) is 165 Å². The van der Waals surface area contributed by atoms with E-state index in [0.717, 1.165) is 60.9 Å². The maximum absolute atomic E-state index is 5.39. The van der Waals surface area contributed by atoms with Crippen LogP contribution in [0.4, 0.5) is 11.4 Å². The van der Waals surface area contributed by atoms with E-state index in [4.69, 9.17) is 9.98 Å². The molecule has 0 saturated carbocycles. The molecule has 0 aliphatic rings. The summed E-state index contributed by atoms with van der Waals surface area (Å²) in [5.41, 5.74) is 8.14. The summed E-state index contributed by atoms with van der Waals surface area (Å²) in [5.74, 6) is 0. The van der Waals surface area contributed by atoms with Crippen LogP contribution in [0.1, 0.15) is 42.9 Å². The number of aryl methyl sites for hydroxylation is 3. The molecule has 0 saturated heterocycles. The first kappa shape index (κ1) is 39.2. The first-order valence-electron chi connectivity index (χ1n) is 18.9. The highest BCUT2D eigenvalue weighted by Crippen LogP contribution is 2.38. The van der Waals surface area contributed by atoms with E-state index in [2.05, 4.69) is 198 Å². The van der Waals surface area contributed by atoms with E-state index in [1.54, 1.807) is 0 Å². The first-order chi connectivity index (χ1) is 26.5. The van der Waals surface area contributed by atoms with Crippen molar-refractivity contribution in [3.8, 4) is 0 Å². The van der Waals surface area contributed by atoms with E-state index < -0.39 is 15.8 Å². The number of nitrogens with one attached hydrogen (secondary N) is 2. The summed E-state index contributed by atoms with van der Waals surface area (Å²) >= 11 is 0. The average Bonchev–Trinajstić information content (AvgIpc) is 3.21. The van der Waals surface area contributed by atoms with Gasteiger partial charge in [0.2, 0.25) is 0 Å². The summed E-state index contributed by atoms with van der Waals surface area (Å²) in [6.07, 6.45) is 3.98. The molecule has 4 nitrogen and oxygen atoms in total. The van der Waals surface area contributed by atoms with Crippen molar-refractivity contribution in [2.45, 2.75) is 46.5 Å². The van der Waals surface area contributed by atoms with Crippen LogP contribution in [-0.2, 0) is 6.42 Å². The standard InChI is InChI=1S/C47H51N4P3/c1-4-38-24-20-22-36(2)44(38)50-46(53(39-25-10-5-11-26-39)40-27-12-6-13-28-40)48-34-18-9-19-35-49-47(51-45-37(3)23-21-33-43(45)52)54(41-29-14-7-15-30-41)42-31-16-8-17-32-42/h5-8,10-17,20-33H,4,9,18-19,34-35,52H2,1-3H3,(H,48,50)(H,49,51). The minimum Gasteiger partial charge on any atom is -0.339 e. The van der Waals surface area contributed by atoms with Crippen molar-refractivity contribution in [1.29, 1.82) is 0 Å². The number of nitrogens with zero attached hydrogens (tertiary/aromatic N) is 2. The monoisotopic (exact) mass is 764 g/mol. The molecule has 0 bridgehead atoms. The van der Waals surface area contributed by atoms with Crippen LogP contribution in [0.5, 0.6) is 0 Å². The predicted octanol–water partition coefficient (Wildman–Crippen LogP) is 10.0. The third kappa shape index (κ3) is 10.4. The molecule has 2 N–H and O–H groups in total. The molecular weight excluding hydrogens is 713 g/mol. The molecule has 6 rings (SSSR count). The molecule has 0 fully saturated rings. The number of amidine groups is 2. The van der Waals surface area contributed by atoms with Crippen molar-refractivity contribution < 1.29 is 0 Å². The van der Waals surface area contributed by atoms with E-state index in [1.807, 2.05) is 0 Å². The van der Waals surface area contributed by atoms with Crippen LogP contribution in [0.2, 0.25) is 0 Å². The number of benzene rings is 6. The molecule has 0 aromatic heterocycles. The second kappa shape index (κ2) is 20.3. The fraction of sp³-hybridized carbons (Fsp3) is 0.191. The SMILES string of the molecule is CCc1cccc(C)c1NC(=NCCCCCN=C(Nc1c(C)cccc1P)P(c1ccccc1)c1ccccc1)P(c1ccccc1)c1ccccc1. The zero-order valence-corrected chi connectivity index (χ0v) is 34.6. The Morgan fingerprint density at radius 2 is 0.870 bits per heavy atom. The number of rotatable bonds is 15. The third-order valence-corrected chi connectivity index (χ3v) is 14.4. The van der Waals surface area contributed by atoms with Crippen molar-refractivity contribution in [3.63, 3.8) is 0 Å². The van der Waals surface area contributed by atoms with Gasteiger partial charge < -0.3 is 10.6 Å². The number of hydrogen-bond donors (Lipinski definition) is 2. The largest absolute Gasteiger partial charge is 0.339 e. The van der Waals surface area contributed by atoms with Gasteiger partial charge in [-0.15, -0.1) is 9.24 Å². The smallest absolute Gasteiger partial charge is 0.133 e. The maximum Gasteiger partial charge on any atom is 0.133 e. The molecule has 0 heterocycles. The zero-order chi connectivity index (χ0) is 37.5. The summed E-state index contributed by atoms with van der Waals surface area (Å²) in [7, 11) is 1.14. The van der Waals surface area contributed by atoms with Gasteiger partial charge in [0.15, 0.2) is 0 Å². The second-order valence-corrected chi connectivity index (χ2v) is 18.1. The Balaban J connectivity index is 1.24. The fourth-order valence-corrected chi connectivity index (χ4v) is 11.3. The topological polar surface area (TPSA) is 48.8 Å². The first-order valence-corrected chi connectivity index (χ1v) is 22.2. The Morgan fingerprint density at radius 3 is 1.28 bits per heavy atom. The fourth-order valence-electron chi connectivity index (χ4n) is 6.48. The van der Waals surface area contributed by atoms with Gasteiger partial charge in [0.1, 0.15) is 11.2 Å². The van der Waals surface area contributed by atoms with Gasteiger partial charge in [-0.25, -0.2) is 0 Å². The van der Waals surface area contributed by atoms with Gasteiger partial charge >= 0.3 is 0 Å². The lowest BCUT2D eigenvalue weighted by Crippen LogP contribution is -2.25. The number of aliphatic imine (C=N–C) groups is 2. The molecule has 1 atom stereocenters. The van der Waals surface area contributed by atoms with Crippen molar-refractivity contribution >= 4 is 74.1 Å². The van der Waals surface area contributed by atoms with Gasteiger partial charge in [0, 0.05) is 40.3 Å². The molecule has 0 radical (unpaired) electrons. The van der Waals surface area contributed by atoms with E-state index in [9.17, 15) is 0 Å². The highest BCUT2D eigenvalue weighted by Gasteiger charge is 2.23. The lowest BCUT2D eigenvalue weighted by atomic mass is 10.1. The van der Waals surface area contributed by atoms with Gasteiger partial charge in [-0.2, -0.15) is 0 Å². The summed E-state index contributed by atoms with van der Waals surface area (Å²) in [4.78, 5) is 10.8. The molecule has 0 aliphatic carbocycles. The zero-order valence-electron chi connectivity index (χ0n) is 31.6. The minimum atomic E-state index is -0.881. The second-order valence-electron chi connectivity index (χ2n) is 13.2. The Morgan fingerprint density at radius 1 is 0.481 bits per heavy atom. The molecule has 6 aromatic rings. The van der Waals surface area contributed by atoms with Crippen LogP contribution < -0.4 is 37.2 Å². The molecule has 0 spiro atoms. The summed E-state index contributed by atoms with van der Waals surface area (Å²) in [6, 6.07) is 56.3. The van der Waals surface area contributed by atoms with Crippen LogP contribution in [0.25, 0.3) is 0 Å². The van der Waals surface area contributed by atoms with Crippen LogP contribution in [-0.4, -0.2) is 24.2 Å². The molecule has 54 heavy (non-hydrogen) atoms. The van der Waals surface area contributed by atoms with Crippen LogP contribution >= 0.6 is 25.1 Å². The van der Waals surface area contributed by atoms with Gasteiger partial charge in [-0.3, -0.25) is 9.98 Å². The third-order valence-electron chi connectivity index (χ3n) is 9.34. The average molecular weight is 765 g/mol. The van der Waals surface area contributed by atoms with Crippen molar-refractivity contribution in [3.05, 3.63) is 174 Å². The number of hydrogen-bond acceptors (Lipinski definition) is 2. The lowest BCUT2D eigenvalue weighted by Gasteiger charge is -2.24. The van der Waals surface area contributed by atoms with Crippen LogP contribution in [0.3, 0.4) is 0 Å². The Bertz CT molecular complexity index is 2020. The van der Waals surface area contributed by atoms with Gasteiger partial charge in [0.25, 0.3) is 0 Å². The Labute approximate surface area is 327 Å². The molecule has 274 valence electrons. The van der Waals surface area contributed by atoms with E-state index >= 15 is 0 Å². The highest BCUT2D eigenvalue weighted by atomic mass is 31.1. The van der Waals surface area contributed by atoms with Crippen LogP contribution in [0.15, 0.2) is 168 Å². The number of anilines is 2. The molecule has 7 heteroatoms. The number of unbranched alkanes of at least 4 members (excludes halogenated alkanes) is 2. The van der Waals surface area contributed by atoms with Crippen LogP contribution in [0, 0.1) is 13.8 Å². The van der Waals surface area contributed by atoms with Crippen molar-refractivity contribution in [1.82, 2.24) is 0 Å². The maximum atomic E-state index is 5.39. The molecule has 6 aromatic carbocycles. The Hall–Kier alpha value is -4.45. The Kier molecular flexibility index (Phi) is 14.7. The molecule has 0 amide bonds. The molecular formula is C47H51N4P3. The summed E-state index contributed by atoms with van der Waals surface area (Å²) in [6.45, 7) is 8.08. The van der Waals surface area contributed by atoms with E-state index in [1.165, 1.54) is 43.6 Å². The minimum absolute atomic E-state index is 0.748. The lowest BCUT2D eigenvalue weighted by molar-refractivity contribution is 0.697. The normalized spacial score (nSPS) is 12.0. The highest BCUT2D eigenvalue weighted by molar-refractivity contribution is 7.88. The quantitative estimate of drug-likeness (QED) is 0.0474. The van der Waals surface area contributed by atoms with E-state index in [-0.39, 0.29) is 0 Å². The van der Waals surface area contributed by atoms with Gasteiger partial charge in [0.05, 0.1) is 0 Å². The summed E-state index contributed by atoms with van der Waals surface area (Å²) in [5, 5.41) is 14.0. The summed E-state index contributed by atoms with van der Waals surface area (Å²) < 4.78 is 0. The van der Waals surface area contributed by atoms with Crippen molar-refractivity contribution in [2.75, 3.05) is 23.7 Å². The predicted molar refractivity (Wildman–Crippen MR) is 245 cm³/mol.